The third-order valence-corrected chi connectivity index (χ3v) is 3.03. The van der Waals surface area contributed by atoms with Gasteiger partial charge < -0.3 is 0 Å². The lowest BCUT2D eigenvalue weighted by atomic mass is 9.92. The fourth-order valence-electron chi connectivity index (χ4n) is 2.13. The highest BCUT2D eigenvalue weighted by Gasteiger charge is 2.05. The summed E-state index contributed by atoms with van der Waals surface area (Å²) in [6, 6.07) is 0. The van der Waals surface area contributed by atoms with Gasteiger partial charge in [0.2, 0.25) is 0 Å². The molecule has 0 saturated carbocycles. The van der Waals surface area contributed by atoms with Crippen LogP contribution >= 0.6 is 0 Å². The largest absolute Gasteiger partial charge is 0.0883 e. The molecule has 0 aromatic rings. The topological polar surface area (TPSA) is 0 Å². The molecule has 0 aromatic heterocycles. The third-order valence-electron chi connectivity index (χ3n) is 3.03. The molecule has 0 amide bonds. The summed E-state index contributed by atoms with van der Waals surface area (Å²) < 4.78 is 0. The summed E-state index contributed by atoms with van der Waals surface area (Å²) in [5.74, 6) is 0.909. The Bertz CT molecular complexity index is 135. The second kappa shape index (κ2) is 7.17. The van der Waals surface area contributed by atoms with Gasteiger partial charge in [0.25, 0.3) is 0 Å². The van der Waals surface area contributed by atoms with Gasteiger partial charge >= 0.3 is 0 Å². The van der Waals surface area contributed by atoms with E-state index in [0.717, 1.165) is 5.92 Å². The first kappa shape index (κ1) is 10.8. The van der Waals surface area contributed by atoms with Gasteiger partial charge in [-0.3, -0.25) is 0 Å². The molecular formula is C13H24. The van der Waals surface area contributed by atoms with Crippen molar-refractivity contribution in [1.82, 2.24) is 0 Å². The molecule has 0 saturated heterocycles. The minimum atomic E-state index is 0.909. The Balaban J connectivity index is 2.17. The summed E-state index contributed by atoms with van der Waals surface area (Å²) in [6.45, 7) is 2.29. The monoisotopic (exact) mass is 180 g/mol. The maximum atomic E-state index is 2.48. The Labute approximate surface area is 83.4 Å². The molecule has 1 aliphatic rings. The van der Waals surface area contributed by atoms with Crippen LogP contribution in [-0.2, 0) is 0 Å². The smallest absolute Gasteiger partial charge is 0.0234 e. The Hall–Kier alpha value is -0.260. The molecule has 0 N–H and O–H groups in total. The van der Waals surface area contributed by atoms with E-state index in [1.54, 1.807) is 0 Å². The van der Waals surface area contributed by atoms with Gasteiger partial charge in [-0.25, -0.2) is 0 Å². The van der Waals surface area contributed by atoms with E-state index in [9.17, 15) is 0 Å². The van der Waals surface area contributed by atoms with Crippen molar-refractivity contribution >= 4 is 0 Å². The molecule has 0 nitrogen and oxygen atoms in total. The van der Waals surface area contributed by atoms with E-state index in [2.05, 4.69) is 19.1 Å². The maximum absolute atomic E-state index is 2.48. The first-order valence-electron chi connectivity index (χ1n) is 6.10. The predicted molar refractivity (Wildman–Crippen MR) is 59.9 cm³/mol. The molecule has 0 radical (unpaired) electrons. The van der Waals surface area contributed by atoms with Crippen molar-refractivity contribution in [3.63, 3.8) is 0 Å². The van der Waals surface area contributed by atoms with Gasteiger partial charge in [0.1, 0.15) is 0 Å². The van der Waals surface area contributed by atoms with E-state index >= 15 is 0 Å². The highest BCUT2D eigenvalue weighted by molar-refractivity contribution is 4.89. The summed E-state index contributed by atoms with van der Waals surface area (Å²) in [5.41, 5.74) is 0. The Morgan fingerprint density at radius 1 is 1.15 bits per heavy atom. The predicted octanol–water partition coefficient (Wildman–Crippen LogP) is 4.70. The fraction of sp³-hybridized carbons (Fsp3) is 0.846. The lowest BCUT2D eigenvalue weighted by molar-refractivity contribution is 0.470. The number of rotatable bonds is 4. The van der Waals surface area contributed by atoms with E-state index in [4.69, 9.17) is 0 Å². The zero-order valence-corrected chi connectivity index (χ0v) is 9.10. The molecular weight excluding hydrogens is 156 g/mol. The molecule has 0 aliphatic heterocycles. The number of hydrogen-bond donors (Lipinski definition) is 0. The Morgan fingerprint density at radius 3 is 2.92 bits per heavy atom. The normalized spacial score (nSPS) is 26.4. The summed E-state index contributed by atoms with van der Waals surface area (Å²) in [4.78, 5) is 0. The van der Waals surface area contributed by atoms with Gasteiger partial charge in [-0.2, -0.15) is 0 Å². The highest BCUT2D eigenvalue weighted by atomic mass is 14.1. The van der Waals surface area contributed by atoms with Crippen LogP contribution in [0.5, 0.6) is 0 Å². The van der Waals surface area contributed by atoms with Crippen LogP contribution in [0.15, 0.2) is 12.2 Å². The van der Waals surface area contributed by atoms with Crippen molar-refractivity contribution in [3.8, 4) is 0 Å². The highest BCUT2D eigenvalue weighted by Crippen LogP contribution is 2.21. The molecule has 1 atom stereocenters. The average molecular weight is 180 g/mol. The second-order valence-corrected chi connectivity index (χ2v) is 4.32. The molecule has 13 heavy (non-hydrogen) atoms. The van der Waals surface area contributed by atoms with Gasteiger partial charge in [-0.1, -0.05) is 51.2 Å². The number of unbranched alkanes of at least 4 members (excludes halogenated alkanes) is 2. The van der Waals surface area contributed by atoms with E-state index < -0.39 is 0 Å². The van der Waals surface area contributed by atoms with Crippen LogP contribution in [0.25, 0.3) is 0 Å². The molecule has 0 heteroatoms. The van der Waals surface area contributed by atoms with Gasteiger partial charge in [0.15, 0.2) is 0 Å². The Kier molecular flexibility index (Phi) is 5.97. The lowest BCUT2D eigenvalue weighted by Crippen LogP contribution is -1.98. The van der Waals surface area contributed by atoms with Gasteiger partial charge in [0.05, 0.1) is 0 Å². The number of hydrogen-bond acceptors (Lipinski definition) is 0. The molecule has 1 unspecified atom stereocenters. The van der Waals surface area contributed by atoms with Gasteiger partial charge in [-0.05, 0) is 31.6 Å². The van der Waals surface area contributed by atoms with E-state index in [0.29, 0.717) is 0 Å². The fourth-order valence-corrected chi connectivity index (χ4v) is 2.13. The van der Waals surface area contributed by atoms with Crippen LogP contribution in [0.4, 0.5) is 0 Å². The van der Waals surface area contributed by atoms with Crippen molar-refractivity contribution in [2.24, 2.45) is 5.92 Å². The first-order valence-corrected chi connectivity index (χ1v) is 6.10. The standard InChI is InChI=1S/C13H24/c1-2-3-7-10-13-11-8-5-4-6-9-12-13/h8,11,13H,2-7,9-10,12H2,1H3/b11-8-. The van der Waals surface area contributed by atoms with Crippen molar-refractivity contribution < 1.29 is 0 Å². The molecule has 0 heterocycles. The molecule has 1 rings (SSSR count). The molecule has 0 bridgehead atoms. The molecule has 1 aliphatic carbocycles. The van der Waals surface area contributed by atoms with Crippen LogP contribution < -0.4 is 0 Å². The molecule has 0 fully saturated rings. The molecule has 0 spiro atoms. The van der Waals surface area contributed by atoms with Crippen LogP contribution in [0.3, 0.4) is 0 Å². The summed E-state index contributed by atoms with van der Waals surface area (Å²) in [5, 5.41) is 0. The zero-order chi connectivity index (χ0) is 9.36. The molecule has 76 valence electrons. The second-order valence-electron chi connectivity index (χ2n) is 4.32. The van der Waals surface area contributed by atoms with Crippen molar-refractivity contribution in [2.45, 2.75) is 64.7 Å². The lowest BCUT2D eigenvalue weighted by Gasteiger charge is -2.14. The van der Waals surface area contributed by atoms with E-state index in [1.165, 1.54) is 57.8 Å². The maximum Gasteiger partial charge on any atom is -0.0234 e. The SMILES string of the molecule is CCCCCC1/C=C\CCCCC1. The van der Waals surface area contributed by atoms with Crippen LogP contribution in [0.2, 0.25) is 0 Å². The minimum absolute atomic E-state index is 0.909. The van der Waals surface area contributed by atoms with Gasteiger partial charge in [0, 0.05) is 0 Å². The van der Waals surface area contributed by atoms with Crippen molar-refractivity contribution in [1.29, 1.82) is 0 Å². The van der Waals surface area contributed by atoms with E-state index in [-0.39, 0.29) is 0 Å². The third kappa shape index (κ3) is 5.13. The summed E-state index contributed by atoms with van der Waals surface area (Å²) in [6.07, 6.45) is 17.6. The summed E-state index contributed by atoms with van der Waals surface area (Å²) in [7, 11) is 0. The minimum Gasteiger partial charge on any atom is -0.0883 e. The average Bonchev–Trinajstić information content (AvgIpc) is 2.08. The van der Waals surface area contributed by atoms with E-state index in [1.807, 2.05) is 0 Å². The Morgan fingerprint density at radius 2 is 2.08 bits per heavy atom. The van der Waals surface area contributed by atoms with Crippen LogP contribution in [0, 0.1) is 5.92 Å². The van der Waals surface area contributed by atoms with Crippen molar-refractivity contribution in [2.75, 3.05) is 0 Å². The van der Waals surface area contributed by atoms with Crippen molar-refractivity contribution in [3.05, 3.63) is 12.2 Å². The zero-order valence-electron chi connectivity index (χ0n) is 9.10. The first-order chi connectivity index (χ1) is 6.43. The van der Waals surface area contributed by atoms with Crippen LogP contribution in [0.1, 0.15) is 64.7 Å². The van der Waals surface area contributed by atoms with Gasteiger partial charge in [-0.15, -0.1) is 0 Å². The quantitative estimate of drug-likeness (QED) is 0.434. The van der Waals surface area contributed by atoms with Crippen LogP contribution in [-0.4, -0.2) is 0 Å². The number of allylic oxidation sites excluding steroid dienone is 2. The molecule has 0 aromatic carbocycles. The summed E-state index contributed by atoms with van der Waals surface area (Å²) >= 11 is 0.